The third-order valence-electron chi connectivity index (χ3n) is 3.16. The number of hydrogen-bond acceptors (Lipinski definition) is 5. The number of nitrogens with one attached hydrogen (secondary N) is 2. The number of fused-ring (bicyclic) bond motifs is 1. The Kier molecular flexibility index (Phi) is 4.93. The van der Waals surface area contributed by atoms with E-state index < -0.39 is 0 Å². The number of aromatic nitrogens is 2. The number of hydrazone groups is 1. The number of thiocarbonyl (C=S) groups is 1. The molecule has 3 aromatic rings. The molecule has 0 saturated carbocycles. The van der Waals surface area contributed by atoms with Crippen LogP contribution in [0.3, 0.4) is 0 Å². The molecule has 0 unspecified atom stereocenters. The van der Waals surface area contributed by atoms with Gasteiger partial charge in [0, 0.05) is 11.8 Å². The van der Waals surface area contributed by atoms with Crippen molar-refractivity contribution in [2.24, 2.45) is 5.10 Å². The molecule has 1 heterocycles. The van der Waals surface area contributed by atoms with Crippen LogP contribution in [-0.4, -0.2) is 28.4 Å². The lowest BCUT2D eigenvalue weighted by Gasteiger charge is -2.08. The Morgan fingerprint density at radius 1 is 1.17 bits per heavy atom. The zero-order valence-electron chi connectivity index (χ0n) is 12.9. The topological polar surface area (TPSA) is 71.4 Å². The third kappa shape index (κ3) is 4.02. The number of rotatable bonds is 4. The highest BCUT2D eigenvalue weighted by Crippen LogP contribution is 2.16. The number of methoxy groups -OCH3 is 1. The molecule has 6 nitrogen and oxygen atoms in total. The van der Waals surface area contributed by atoms with E-state index in [-0.39, 0.29) is 0 Å². The van der Waals surface area contributed by atoms with Gasteiger partial charge in [0.25, 0.3) is 0 Å². The molecule has 0 spiro atoms. The van der Waals surface area contributed by atoms with Crippen molar-refractivity contribution < 1.29 is 4.74 Å². The van der Waals surface area contributed by atoms with Gasteiger partial charge in [0.15, 0.2) is 5.11 Å². The summed E-state index contributed by atoms with van der Waals surface area (Å²) in [7, 11) is 1.62. The SMILES string of the molecule is COc1cccc(NC(=S)N/N=C\c2cnc3ccccc3n2)c1. The van der Waals surface area contributed by atoms with Gasteiger partial charge in [-0.3, -0.25) is 10.4 Å². The Morgan fingerprint density at radius 2 is 2.00 bits per heavy atom. The number of nitrogens with zero attached hydrogens (tertiary/aromatic N) is 3. The first kappa shape index (κ1) is 15.8. The van der Waals surface area contributed by atoms with Gasteiger partial charge in [-0.05, 0) is 36.5 Å². The number of hydrogen-bond donors (Lipinski definition) is 2. The van der Waals surface area contributed by atoms with E-state index in [0.29, 0.717) is 10.8 Å². The zero-order valence-corrected chi connectivity index (χ0v) is 13.7. The number of ether oxygens (including phenoxy) is 1. The maximum Gasteiger partial charge on any atom is 0.191 e. The predicted octanol–water partition coefficient (Wildman–Crippen LogP) is 2.96. The van der Waals surface area contributed by atoms with Crippen molar-refractivity contribution >= 4 is 40.3 Å². The fraction of sp³-hybridized carbons (Fsp3) is 0.0588. The molecule has 0 radical (unpaired) electrons. The Labute approximate surface area is 144 Å². The quantitative estimate of drug-likeness (QED) is 0.433. The van der Waals surface area contributed by atoms with E-state index in [9.17, 15) is 0 Å². The summed E-state index contributed by atoms with van der Waals surface area (Å²) >= 11 is 5.20. The first-order valence-corrected chi connectivity index (χ1v) is 7.61. The van der Waals surface area contributed by atoms with Gasteiger partial charge in [-0.25, -0.2) is 4.98 Å². The van der Waals surface area contributed by atoms with Crippen LogP contribution in [0.25, 0.3) is 11.0 Å². The molecule has 7 heteroatoms. The van der Waals surface area contributed by atoms with Gasteiger partial charge >= 0.3 is 0 Å². The van der Waals surface area contributed by atoms with Crippen LogP contribution >= 0.6 is 12.2 Å². The lowest BCUT2D eigenvalue weighted by Crippen LogP contribution is -2.23. The second-order valence-electron chi connectivity index (χ2n) is 4.84. The van der Waals surface area contributed by atoms with E-state index in [4.69, 9.17) is 17.0 Å². The largest absolute Gasteiger partial charge is 0.497 e. The molecule has 0 bridgehead atoms. The number of para-hydroxylation sites is 2. The van der Waals surface area contributed by atoms with Gasteiger partial charge in [-0.1, -0.05) is 18.2 Å². The number of anilines is 1. The second-order valence-corrected chi connectivity index (χ2v) is 5.25. The lowest BCUT2D eigenvalue weighted by atomic mass is 10.3. The van der Waals surface area contributed by atoms with E-state index in [1.807, 2.05) is 48.5 Å². The van der Waals surface area contributed by atoms with Crippen molar-refractivity contribution in [2.75, 3.05) is 12.4 Å². The summed E-state index contributed by atoms with van der Waals surface area (Å²) in [6, 6.07) is 15.1. The van der Waals surface area contributed by atoms with Crippen molar-refractivity contribution in [3.63, 3.8) is 0 Å². The minimum absolute atomic E-state index is 0.369. The molecule has 0 fully saturated rings. The van der Waals surface area contributed by atoms with Crippen LogP contribution in [-0.2, 0) is 0 Å². The maximum absolute atomic E-state index is 5.20. The van der Waals surface area contributed by atoms with Crippen molar-refractivity contribution in [1.82, 2.24) is 15.4 Å². The van der Waals surface area contributed by atoms with Gasteiger partial charge in [0.05, 0.1) is 30.6 Å². The highest BCUT2D eigenvalue weighted by molar-refractivity contribution is 7.80. The normalized spacial score (nSPS) is 10.7. The molecular formula is C17H15N5OS. The minimum atomic E-state index is 0.369. The second kappa shape index (κ2) is 7.47. The summed E-state index contributed by atoms with van der Waals surface area (Å²) in [6.07, 6.45) is 3.23. The van der Waals surface area contributed by atoms with Crippen LogP contribution in [0.4, 0.5) is 5.69 Å². The van der Waals surface area contributed by atoms with Crippen LogP contribution in [0.1, 0.15) is 5.69 Å². The highest BCUT2D eigenvalue weighted by Gasteiger charge is 1.99. The predicted molar refractivity (Wildman–Crippen MR) is 99.5 cm³/mol. The summed E-state index contributed by atoms with van der Waals surface area (Å²) in [5, 5.41) is 7.47. The van der Waals surface area contributed by atoms with Crippen molar-refractivity contribution in [1.29, 1.82) is 0 Å². The van der Waals surface area contributed by atoms with E-state index in [0.717, 1.165) is 22.5 Å². The average molecular weight is 337 g/mol. The van der Waals surface area contributed by atoms with Crippen LogP contribution in [0.2, 0.25) is 0 Å². The van der Waals surface area contributed by atoms with Crippen LogP contribution in [0.5, 0.6) is 5.75 Å². The molecular weight excluding hydrogens is 322 g/mol. The zero-order chi connectivity index (χ0) is 16.8. The lowest BCUT2D eigenvalue weighted by molar-refractivity contribution is 0.415. The monoisotopic (exact) mass is 337 g/mol. The van der Waals surface area contributed by atoms with E-state index in [1.54, 1.807) is 19.5 Å². The van der Waals surface area contributed by atoms with Crippen molar-refractivity contribution in [2.45, 2.75) is 0 Å². The molecule has 0 atom stereocenters. The summed E-state index contributed by atoms with van der Waals surface area (Å²) < 4.78 is 5.16. The highest BCUT2D eigenvalue weighted by atomic mass is 32.1. The molecule has 24 heavy (non-hydrogen) atoms. The molecule has 3 rings (SSSR count). The Morgan fingerprint density at radius 3 is 2.83 bits per heavy atom. The summed E-state index contributed by atoms with van der Waals surface area (Å²) in [6.45, 7) is 0. The maximum atomic E-state index is 5.20. The van der Waals surface area contributed by atoms with Crippen molar-refractivity contribution in [3.8, 4) is 5.75 Å². The van der Waals surface area contributed by atoms with E-state index >= 15 is 0 Å². The van der Waals surface area contributed by atoms with E-state index in [1.165, 1.54) is 0 Å². The molecule has 2 N–H and O–H groups in total. The van der Waals surface area contributed by atoms with Crippen LogP contribution < -0.4 is 15.5 Å². The van der Waals surface area contributed by atoms with Gasteiger partial charge in [0.2, 0.25) is 0 Å². The Balaban J connectivity index is 1.61. The fourth-order valence-corrected chi connectivity index (χ4v) is 2.22. The Hall–Kier alpha value is -3.06. The summed E-state index contributed by atoms with van der Waals surface area (Å²) in [5.74, 6) is 0.748. The molecule has 1 aromatic heterocycles. The molecule has 120 valence electrons. The number of benzene rings is 2. The first-order valence-electron chi connectivity index (χ1n) is 7.20. The molecule has 0 aliphatic rings. The van der Waals surface area contributed by atoms with E-state index in [2.05, 4.69) is 25.8 Å². The van der Waals surface area contributed by atoms with Gasteiger partial charge in [-0.2, -0.15) is 5.10 Å². The molecule has 0 amide bonds. The van der Waals surface area contributed by atoms with Gasteiger partial charge in [-0.15, -0.1) is 0 Å². The molecule has 0 aliphatic carbocycles. The Bertz CT molecular complexity index is 897. The smallest absolute Gasteiger partial charge is 0.191 e. The van der Waals surface area contributed by atoms with Gasteiger partial charge < -0.3 is 10.1 Å². The molecule has 0 aliphatic heterocycles. The average Bonchev–Trinajstić information content (AvgIpc) is 2.62. The third-order valence-corrected chi connectivity index (χ3v) is 3.35. The van der Waals surface area contributed by atoms with Crippen LogP contribution in [0.15, 0.2) is 59.8 Å². The molecule has 0 saturated heterocycles. The fourth-order valence-electron chi connectivity index (χ4n) is 2.05. The van der Waals surface area contributed by atoms with Gasteiger partial charge in [0.1, 0.15) is 11.4 Å². The standard InChI is InChI=1S/C17H15N5OS/c1-23-14-6-4-5-12(9-14)21-17(24)22-19-11-13-10-18-15-7-2-3-8-16(15)20-13/h2-11H,1H3,(H2,21,22,24)/b19-11-. The van der Waals surface area contributed by atoms with Crippen molar-refractivity contribution in [3.05, 3.63) is 60.4 Å². The first-order chi connectivity index (χ1) is 11.7. The van der Waals surface area contributed by atoms with Crippen LogP contribution in [0, 0.1) is 0 Å². The molecule has 2 aromatic carbocycles. The minimum Gasteiger partial charge on any atom is -0.497 e. The summed E-state index contributed by atoms with van der Waals surface area (Å²) in [4.78, 5) is 8.77. The summed E-state index contributed by atoms with van der Waals surface area (Å²) in [5.41, 5.74) is 5.87.